The monoisotopic (exact) mass is 254 g/mol. The minimum atomic E-state index is -1.10. The number of carboxylic acid groups (broad SMARTS) is 1. The highest BCUT2D eigenvalue weighted by atomic mass is 35.5. The third-order valence-electron chi connectivity index (χ3n) is 3.40. The number of halogens is 1. The minimum absolute atomic E-state index is 0.0991. The molecular weight excluding hydrogens is 240 g/mol. The number of aromatic carboxylic acids is 1. The fraction of sp³-hybridized carbons (Fsp3) is 0.500. The molecule has 1 heterocycles. The van der Waals surface area contributed by atoms with Crippen LogP contribution >= 0.6 is 11.6 Å². The van der Waals surface area contributed by atoms with Crippen molar-refractivity contribution in [1.29, 1.82) is 0 Å². The summed E-state index contributed by atoms with van der Waals surface area (Å²) >= 11 is 5.75. The van der Waals surface area contributed by atoms with Gasteiger partial charge in [0.15, 0.2) is 5.69 Å². The van der Waals surface area contributed by atoms with Gasteiger partial charge in [-0.25, -0.2) is 9.78 Å². The molecule has 0 bridgehead atoms. The van der Waals surface area contributed by atoms with Gasteiger partial charge < -0.3 is 10.4 Å². The zero-order valence-electron chi connectivity index (χ0n) is 9.66. The zero-order valence-corrected chi connectivity index (χ0v) is 10.4. The number of pyridine rings is 1. The second kappa shape index (κ2) is 4.53. The number of anilines is 1. The predicted octanol–water partition coefficient (Wildman–Crippen LogP) is 3.04. The highest BCUT2D eigenvalue weighted by Crippen LogP contribution is 2.48. The van der Waals surface area contributed by atoms with E-state index < -0.39 is 5.97 Å². The van der Waals surface area contributed by atoms with Crippen molar-refractivity contribution in [3.63, 3.8) is 0 Å². The van der Waals surface area contributed by atoms with Gasteiger partial charge in [-0.1, -0.05) is 18.5 Å². The van der Waals surface area contributed by atoms with Crippen LogP contribution in [0.25, 0.3) is 0 Å². The first kappa shape index (κ1) is 12.2. The molecule has 1 aliphatic rings. The van der Waals surface area contributed by atoms with Crippen LogP contribution in [0.5, 0.6) is 0 Å². The van der Waals surface area contributed by atoms with Crippen molar-refractivity contribution >= 4 is 23.4 Å². The molecule has 0 unspecified atom stereocenters. The summed E-state index contributed by atoms with van der Waals surface area (Å²) in [5.74, 6) is -0.526. The van der Waals surface area contributed by atoms with Gasteiger partial charge in [-0.15, -0.1) is 0 Å². The van der Waals surface area contributed by atoms with Crippen molar-refractivity contribution in [3.05, 3.63) is 22.8 Å². The molecule has 1 saturated carbocycles. The van der Waals surface area contributed by atoms with E-state index in [2.05, 4.69) is 17.2 Å². The van der Waals surface area contributed by atoms with Crippen LogP contribution in [0.4, 0.5) is 5.82 Å². The molecule has 2 rings (SSSR count). The third kappa shape index (κ3) is 2.69. The van der Waals surface area contributed by atoms with Gasteiger partial charge in [-0.05, 0) is 36.8 Å². The van der Waals surface area contributed by atoms with Gasteiger partial charge >= 0.3 is 5.97 Å². The van der Waals surface area contributed by atoms with E-state index in [4.69, 9.17) is 16.7 Å². The normalized spacial score (nSPS) is 16.6. The maximum Gasteiger partial charge on any atom is 0.356 e. The van der Waals surface area contributed by atoms with Crippen molar-refractivity contribution in [2.24, 2.45) is 5.41 Å². The molecule has 0 spiro atoms. The van der Waals surface area contributed by atoms with Crippen molar-refractivity contribution in [3.8, 4) is 0 Å². The molecule has 1 aliphatic carbocycles. The molecule has 92 valence electrons. The Labute approximate surface area is 105 Å². The molecule has 0 aliphatic heterocycles. The van der Waals surface area contributed by atoms with E-state index in [1.54, 1.807) is 12.1 Å². The number of nitrogens with zero attached hydrogens (tertiary/aromatic N) is 1. The minimum Gasteiger partial charge on any atom is -0.476 e. The lowest BCUT2D eigenvalue weighted by molar-refractivity contribution is 0.0691. The van der Waals surface area contributed by atoms with Crippen LogP contribution in [0.1, 0.15) is 36.7 Å². The quantitative estimate of drug-likeness (QED) is 0.848. The van der Waals surface area contributed by atoms with Crippen LogP contribution in [0.2, 0.25) is 5.02 Å². The summed E-state index contributed by atoms with van der Waals surface area (Å²) in [5, 5.41) is 12.3. The first-order chi connectivity index (χ1) is 8.06. The fourth-order valence-electron chi connectivity index (χ4n) is 1.80. The Morgan fingerprint density at radius 3 is 2.82 bits per heavy atom. The number of aromatic nitrogens is 1. The molecule has 1 aromatic rings. The average molecular weight is 255 g/mol. The van der Waals surface area contributed by atoms with Crippen molar-refractivity contribution in [1.82, 2.24) is 4.98 Å². The largest absolute Gasteiger partial charge is 0.476 e. The van der Waals surface area contributed by atoms with E-state index in [1.165, 1.54) is 12.8 Å². The summed E-state index contributed by atoms with van der Waals surface area (Å²) in [6, 6.07) is 3.27. The Morgan fingerprint density at radius 1 is 1.59 bits per heavy atom. The molecule has 4 nitrogen and oxygen atoms in total. The first-order valence-electron chi connectivity index (χ1n) is 5.70. The molecule has 0 saturated heterocycles. The van der Waals surface area contributed by atoms with E-state index in [-0.39, 0.29) is 10.7 Å². The second-order valence-electron chi connectivity index (χ2n) is 4.54. The van der Waals surface area contributed by atoms with Gasteiger partial charge in [-0.3, -0.25) is 0 Å². The van der Waals surface area contributed by atoms with Gasteiger partial charge in [0.05, 0.1) is 5.02 Å². The first-order valence-corrected chi connectivity index (χ1v) is 6.08. The summed E-state index contributed by atoms with van der Waals surface area (Å²) in [6.45, 7) is 3.02. The Bertz CT molecular complexity index is 444. The number of hydrogen-bond acceptors (Lipinski definition) is 3. The van der Waals surface area contributed by atoms with Crippen molar-refractivity contribution < 1.29 is 9.90 Å². The lowest BCUT2D eigenvalue weighted by atomic mass is 10.0. The summed E-state index contributed by atoms with van der Waals surface area (Å²) in [4.78, 5) is 14.9. The summed E-state index contributed by atoms with van der Waals surface area (Å²) in [5.41, 5.74) is 0.294. The standard InChI is InChI=1S/C12H15ClN2O2/c1-2-12(5-6-12)7-14-9-4-3-8(13)10(15-9)11(16)17/h3-4H,2,5-7H2,1H3,(H,14,15)(H,16,17). The molecule has 1 fully saturated rings. The molecule has 5 heteroatoms. The molecule has 1 aromatic heterocycles. The van der Waals surface area contributed by atoms with Crippen LogP contribution in [-0.4, -0.2) is 22.6 Å². The number of carboxylic acids is 1. The summed E-state index contributed by atoms with van der Waals surface area (Å²) in [7, 11) is 0. The Hall–Kier alpha value is -1.29. The maximum atomic E-state index is 10.9. The number of nitrogens with one attached hydrogen (secondary N) is 1. The predicted molar refractivity (Wildman–Crippen MR) is 66.7 cm³/mol. The van der Waals surface area contributed by atoms with Crippen molar-refractivity contribution in [2.75, 3.05) is 11.9 Å². The van der Waals surface area contributed by atoms with Crippen LogP contribution in [0.15, 0.2) is 12.1 Å². The average Bonchev–Trinajstić information content (AvgIpc) is 3.08. The van der Waals surface area contributed by atoms with E-state index in [9.17, 15) is 4.79 Å². The molecule has 17 heavy (non-hydrogen) atoms. The highest BCUT2D eigenvalue weighted by Gasteiger charge is 2.40. The van der Waals surface area contributed by atoms with E-state index >= 15 is 0 Å². The topological polar surface area (TPSA) is 62.2 Å². The van der Waals surface area contributed by atoms with Crippen LogP contribution in [0.3, 0.4) is 0 Å². The molecule has 0 amide bonds. The molecule has 0 aromatic carbocycles. The SMILES string of the molecule is CCC1(CNc2ccc(Cl)c(C(=O)O)n2)CC1. The lowest BCUT2D eigenvalue weighted by Gasteiger charge is -2.14. The van der Waals surface area contributed by atoms with E-state index in [0.29, 0.717) is 11.2 Å². The smallest absolute Gasteiger partial charge is 0.356 e. The van der Waals surface area contributed by atoms with Gasteiger partial charge in [0.2, 0.25) is 0 Å². The van der Waals surface area contributed by atoms with Crippen molar-refractivity contribution in [2.45, 2.75) is 26.2 Å². The van der Waals surface area contributed by atoms with Crippen LogP contribution in [0, 0.1) is 5.41 Å². The fourth-order valence-corrected chi connectivity index (χ4v) is 1.99. The summed E-state index contributed by atoms with van der Waals surface area (Å²) in [6.07, 6.45) is 3.60. The molecular formula is C12H15ClN2O2. The number of hydrogen-bond donors (Lipinski definition) is 2. The second-order valence-corrected chi connectivity index (χ2v) is 4.95. The Morgan fingerprint density at radius 2 is 2.29 bits per heavy atom. The van der Waals surface area contributed by atoms with Gasteiger partial charge in [0.25, 0.3) is 0 Å². The van der Waals surface area contributed by atoms with Crippen LogP contribution in [-0.2, 0) is 0 Å². The maximum absolute atomic E-state index is 10.9. The molecule has 2 N–H and O–H groups in total. The van der Waals surface area contributed by atoms with Gasteiger partial charge in [0, 0.05) is 6.54 Å². The Kier molecular flexibility index (Phi) is 3.24. The number of carbonyl (C=O) groups is 1. The summed E-state index contributed by atoms with van der Waals surface area (Å²) < 4.78 is 0. The van der Waals surface area contributed by atoms with E-state index in [0.717, 1.165) is 13.0 Å². The molecule has 0 radical (unpaired) electrons. The third-order valence-corrected chi connectivity index (χ3v) is 3.71. The highest BCUT2D eigenvalue weighted by molar-refractivity contribution is 6.33. The Balaban J connectivity index is 2.06. The number of rotatable bonds is 5. The van der Waals surface area contributed by atoms with Gasteiger partial charge in [0.1, 0.15) is 5.82 Å². The van der Waals surface area contributed by atoms with Crippen LogP contribution < -0.4 is 5.32 Å². The van der Waals surface area contributed by atoms with Gasteiger partial charge in [-0.2, -0.15) is 0 Å². The van der Waals surface area contributed by atoms with E-state index in [1.807, 2.05) is 0 Å². The molecule has 0 atom stereocenters. The zero-order chi connectivity index (χ0) is 12.5. The lowest BCUT2D eigenvalue weighted by Crippen LogP contribution is -2.16.